The molecule has 0 aliphatic heterocycles. The van der Waals surface area contributed by atoms with Gasteiger partial charge >= 0.3 is 0 Å². The van der Waals surface area contributed by atoms with Gasteiger partial charge in [-0.25, -0.2) is 4.98 Å². The normalized spacial score (nSPS) is 13.1. The highest BCUT2D eigenvalue weighted by molar-refractivity contribution is 6.33. The van der Waals surface area contributed by atoms with Crippen LogP contribution in [0.1, 0.15) is 25.0 Å². The van der Waals surface area contributed by atoms with Crippen molar-refractivity contribution in [2.45, 2.75) is 19.3 Å². The minimum atomic E-state index is -0.251. The van der Waals surface area contributed by atoms with Crippen LogP contribution in [0.2, 0.25) is 0 Å². The summed E-state index contributed by atoms with van der Waals surface area (Å²) in [5.41, 5.74) is 18.8. The molecular weight excluding hydrogens is 715 g/mol. The zero-order chi connectivity index (χ0) is 39.2. The van der Waals surface area contributed by atoms with Gasteiger partial charge in [0.25, 0.3) is 0 Å². The van der Waals surface area contributed by atoms with E-state index < -0.39 is 0 Å². The number of para-hydroxylation sites is 3. The molecule has 0 spiro atoms. The number of aromatic nitrogens is 3. The molecule has 0 N–H and O–H groups in total. The third-order valence-corrected chi connectivity index (χ3v) is 12.7. The second-order valence-corrected chi connectivity index (χ2v) is 16.3. The van der Waals surface area contributed by atoms with Crippen molar-refractivity contribution in [3.05, 3.63) is 211 Å². The molecule has 12 rings (SSSR count). The molecule has 0 unspecified atom stereocenters. The quantitative estimate of drug-likeness (QED) is 0.172. The molecule has 3 aromatic heterocycles. The van der Waals surface area contributed by atoms with Crippen LogP contribution in [0.15, 0.2) is 200 Å². The van der Waals surface area contributed by atoms with Crippen LogP contribution in [-0.2, 0) is 5.41 Å². The summed E-state index contributed by atoms with van der Waals surface area (Å²) in [4.78, 5) is 5.15. The summed E-state index contributed by atoms with van der Waals surface area (Å²) in [6, 6.07) is 72.6. The molecule has 278 valence electrons. The highest BCUT2D eigenvalue weighted by Crippen LogP contribution is 2.58. The van der Waals surface area contributed by atoms with E-state index in [-0.39, 0.29) is 5.41 Å². The molecule has 3 heterocycles. The van der Waals surface area contributed by atoms with Gasteiger partial charge < -0.3 is 9.13 Å². The zero-order valence-corrected chi connectivity index (χ0v) is 32.9. The molecule has 59 heavy (non-hydrogen) atoms. The Bertz CT molecular complexity index is 3370. The van der Waals surface area contributed by atoms with Crippen LogP contribution >= 0.6 is 0 Å². The van der Waals surface area contributed by atoms with Crippen molar-refractivity contribution in [1.82, 2.24) is 14.1 Å². The monoisotopic (exact) mass is 753 g/mol. The van der Waals surface area contributed by atoms with Crippen molar-refractivity contribution in [1.29, 1.82) is 0 Å². The van der Waals surface area contributed by atoms with Crippen molar-refractivity contribution < 1.29 is 0 Å². The number of hydrogen-bond donors (Lipinski definition) is 0. The molecule has 3 nitrogen and oxygen atoms in total. The summed E-state index contributed by atoms with van der Waals surface area (Å²) in [6.45, 7) is 4.83. The fraction of sp³-hybridized carbons (Fsp3) is 0.0536. The van der Waals surface area contributed by atoms with Crippen LogP contribution in [0.5, 0.6) is 0 Å². The van der Waals surface area contributed by atoms with Crippen molar-refractivity contribution >= 4 is 43.6 Å². The maximum Gasteiger partial charge on any atom is 0.0715 e. The lowest BCUT2D eigenvalue weighted by molar-refractivity contribution is 0.664. The Morgan fingerprint density at radius 1 is 0.407 bits per heavy atom. The van der Waals surface area contributed by atoms with Crippen LogP contribution in [0.25, 0.3) is 99.8 Å². The lowest BCUT2D eigenvalue weighted by atomic mass is 9.81. The van der Waals surface area contributed by atoms with E-state index in [9.17, 15) is 0 Å². The summed E-state index contributed by atoms with van der Waals surface area (Å²) >= 11 is 0. The Morgan fingerprint density at radius 3 is 1.49 bits per heavy atom. The molecule has 0 saturated carbocycles. The van der Waals surface area contributed by atoms with Gasteiger partial charge in [-0.05, 0) is 76.3 Å². The number of fused-ring (bicyclic) bond motifs is 12. The highest BCUT2D eigenvalue weighted by atomic mass is 15.0. The van der Waals surface area contributed by atoms with Crippen LogP contribution in [0.3, 0.4) is 0 Å². The molecule has 3 heteroatoms. The second kappa shape index (κ2) is 12.8. The Kier molecular flexibility index (Phi) is 7.27. The van der Waals surface area contributed by atoms with Gasteiger partial charge in [-0.3, -0.25) is 0 Å². The van der Waals surface area contributed by atoms with Gasteiger partial charge in [0.2, 0.25) is 0 Å². The molecule has 11 aromatic rings. The smallest absolute Gasteiger partial charge is 0.0715 e. The summed E-state index contributed by atoms with van der Waals surface area (Å²) in [6.07, 6.45) is 0. The SMILES string of the molecule is CC1(C)c2ccccc2-c2c1c1c(c3ccccc3n1-c1ccccc1)c1c3ccccc3n(-c3ccc(-c4cc(-c5ccccc5)nc(-c5ccccc5)c4)cc3)c21. The molecule has 0 saturated heterocycles. The van der Waals surface area contributed by atoms with Crippen LogP contribution in [0.4, 0.5) is 0 Å². The van der Waals surface area contributed by atoms with Crippen LogP contribution in [0, 0.1) is 0 Å². The van der Waals surface area contributed by atoms with Gasteiger partial charge in [0.05, 0.1) is 33.5 Å². The van der Waals surface area contributed by atoms with E-state index in [0.29, 0.717) is 0 Å². The van der Waals surface area contributed by atoms with Gasteiger partial charge in [-0.1, -0.05) is 166 Å². The first-order valence-corrected chi connectivity index (χ1v) is 20.5. The van der Waals surface area contributed by atoms with Crippen molar-refractivity contribution in [2.75, 3.05) is 0 Å². The topological polar surface area (TPSA) is 22.8 Å². The summed E-state index contributed by atoms with van der Waals surface area (Å²) in [5.74, 6) is 0. The maximum atomic E-state index is 5.15. The van der Waals surface area contributed by atoms with Crippen molar-refractivity contribution in [3.63, 3.8) is 0 Å². The average Bonchev–Trinajstić information content (AvgIpc) is 3.90. The van der Waals surface area contributed by atoms with Crippen LogP contribution < -0.4 is 0 Å². The Balaban J connectivity index is 1.16. The summed E-state index contributed by atoms with van der Waals surface area (Å²) < 4.78 is 5.07. The Hall–Kier alpha value is -7.49. The van der Waals surface area contributed by atoms with E-state index in [1.165, 1.54) is 71.6 Å². The minimum absolute atomic E-state index is 0.251. The third kappa shape index (κ3) is 4.91. The fourth-order valence-corrected chi connectivity index (χ4v) is 10.1. The van der Waals surface area contributed by atoms with E-state index in [0.717, 1.165) is 39.3 Å². The highest BCUT2D eigenvalue weighted by Gasteiger charge is 2.41. The summed E-state index contributed by atoms with van der Waals surface area (Å²) in [5, 5.41) is 5.13. The lowest BCUT2D eigenvalue weighted by Gasteiger charge is -2.24. The molecule has 1 aliphatic rings. The van der Waals surface area contributed by atoms with Crippen molar-refractivity contribution in [3.8, 4) is 56.1 Å². The van der Waals surface area contributed by atoms with E-state index in [4.69, 9.17) is 4.98 Å². The first kappa shape index (κ1) is 33.6. The predicted molar refractivity (Wildman–Crippen MR) is 247 cm³/mol. The van der Waals surface area contributed by atoms with E-state index in [1.54, 1.807) is 0 Å². The molecule has 0 bridgehead atoms. The number of hydrogen-bond acceptors (Lipinski definition) is 1. The largest absolute Gasteiger partial charge is 0.309 e. The Morgan fingerprint density at radius 2 is 0.881 bits per heavy atom. The second-order valence-electron chi connectivity index (χ2n) is 16.3. The van der Waals surface area contributed by atoms with Gasteiger partial charge in [-0.15, -0.1) is 0 Å². The standard InChI is InChI=1S/C56H39N3/c1-56(2)45-27-15-12-24-42(45)52-53(56)55-51(44-26-14-17-29-49(44)59(55)40-22-10-5-11-23-40)50-43-25-13-16-28-48(43)58(54(50)52)41-32-30-36(31-33-41)39-34-46(37-18-6-3-7-19-37)57-47(35-39)38-20-8-4-9-21-38/h3-35H,1-2H3. The number of benzene rings is 8. The first-order chi connectivity index (χ1) is 29.1. The molecule has 1 aliphatic carbocycles. The first-order valence-electron chi connectivity index (χ1n) is 20.5. The molecular formula is C56H39N3. The summed E-state index contributed by atoms with van der Waals surface area (Å²) in [7, 11) is 0. The molecule has 0 radical (unpaired) electrons. The van der Waals surface area contributed by atoms with Crippen LogP contribution in [-0.4, -0.2) is 14.1 Å². The predicted octanol–water partition coefficient (Wildman–Crippen LogP) is 14.6. The third-order valence-electron chi connectivity index (χ3n) is 12.7. The van der Waals surface area contributed by atoms with Gasteiger partial charge in [-0.2, -0.15) is 0 Å². The maximum absolute atomic E-state index is 5.15. The van der Waals surface area contributed by atoms with Gasteiger partial charge in [0, 0.05) is 55.0 Å². The average molecular weight is 754 g/mol. The van der Waals surface area contributed by atoms with Crippen molar-refractivity contribution in [2.24, 2.45) is 0 Å². The molecule has 0 atom stereocenters. The zero-order valence-electron chi connectivity index (χ0n) is 32.9. The van der Waals surface area contributed by atoms with Gasteiger partial charge in [0.1, 0.15) is 0 Å². The van der Waals surface area contributed by atoms with Gasteiger partial charge in [0.15, 0.2) is 0 Å². The number of rotatable bonds is 5. The fourth-order valence-electron chi connectivity index (χ4n) is 10.1. The van der Waals surface area contributed by atoms with E-state index in [1.807, 2.05) is 0 Å². The van der Waals surface area contributed by atoms with E-state index in [2.05, 4.69) is 223 Å². The molecule has 0 fully saturated rings. The molecule has 8 aromatic carbocycles. The Labute approximate surface area is 343 Å². The minimum Gasteiger partial charge on any atom is -0.309 e. The molecule has 0 amide bonds. The number of pyridine rings is 1. The number of nitrogens with zero attached hydrogens (tertiary/aromatic N) is 3. The lowest BCUT2D eigenvalue weighted by Crippen LogP contribution is -2.16. The van der Waals surface area contributed by atoms with E-state index >= 15 is 0 Å².